The third kappa shape index (κ3) is 4.87. The van der Waals surface area contributed by atoms with Crippen LogP contribution in [0.1, 0.15) is 64.2 Å². The molecule has 0 fully saturated rings. The van der Waals surface area contributed by atoms with E-state index in [2.05, 4.69) is 58.1 Å². The van der Waals surface area contributed by atoms with Gasteiger partial charge in [-0.25, -0.2) is 0 Å². The van der Waals surface area contributed by atoms with Crippen molar-refractivity contribution in [2.75, 3.05) is 5.32 Å². The molecule has 2 rings (SSSR count). The summed E-state index contributed by atoms with van der Waals surface area (Å²) in [5.74, 6) is 0.905. The molecule has 0 aliphatic heterocycles. The molecular formula is C23H31NO2. The van der Waals surface area contributed by atoms with Crippen LogP contribution in [0.4, 0.5) is 5.69 Å². The molecular weight excluding hydrogens is 322 g/mol. The Morgan fingerprint density at radius 3 is 2.15 bits per heavy atom. The number of amides is 1. The van der Waals surface area contributed by atoms with Crippen LogP contribution in [0.15, 0.2) is 42.5 Å². The lowest BCUT2D eigenvalue weighted by Crippen LogP contribution is -2.31. The molecule has 2 aromatic rings. The molecule has 0 saturated carbocycles. The second-order valence-electron chi connectivity index (χ2n) is 8.22. The maximum Gasteiger partial charge on any atom is 0.265 e. The third-order valence-corrected chi connectivity index (χ3v) is 4.58. The average Bonchev–Trinajstić information content (AvgIpc) is 2.56. The van der Waals surface area contributed by atoms with E-state index in [9.17, 15) is 4.79 Å². The molecule has 0 spiro atoms. The van der Waals surface area contributed by atoms with E-state index >= 15 is 0 Å². The lowest BCUT2D eigenvalue weighted by atomic mass is 9.87. The van der Waals surface area contributed by atoms with Gasteiger partial charge in [-0.05, 0) is 54.0 Å². The summed E-state index contributed by atoms with van der Waals surface area (Å²) in [6, 6.07) is 14.1. The van der Waals surface area contributed by atoms with Gasteiger partial charge < -0.3 is 10.1 Å². The molecule has 0 radical (unpaired) electrons. The summed E-state index contributed by atoms with van der Waals surface area (Å²) in [6.45, 7) is 14.6. The standard InChI is InChI=1S/C23H31NO2/c1-15(2)20-10-8-9-16(3)21(20)24-22(25)17(4)26-19-13-11-18(12-14-19)23(5,6)7/h8-15,17H,1-7H3,(H,24,25)/t17-/m0/s1. The van der Waals surface area contributed by atoms with Gasteiger partial charge in [0.05, 0.1) is 0 Å². The lowest BCUT2D eigenvalue weighted by molar-refractivity contribution is -0.122. The van der Waals surface area contributed by atoms with Crippen molar-refractivity contribution >= 4 is 11.6 Å². The van der Waals surface area contributed by atoms with Crippen molar-refractivity contribution in [3.63, 3.8) is 0 Å². The van der Waals surface area contributed by atoms with Gasteiger partial charge in [-0.3, -0.25) is 4.79 Å². The topological polar surface area (TPSA) is 38.3 Å². The van der Waals surface area contributed by atoms with Crippen LogP contribution in [-0.2, 0) is 10.2 Å². The van der Waals surface area contributed by atoms with Crippen LogP contribution in [0.5, 0.6) is 5.75 Å². The normalized spacial score (nSPS) is 12.8. The third-order valence-electron chi connectivity index (χ3n) is 4.58. The van der Waals surface area contributed by atoms with Gasteiger partial charge in [0, 0.05) is 5.69 Å². The quantitative estimate of drug-likeness (QED) is 0.735. The number of ether oxygens (including phenoxy) is 1. The van der Waals surface area contributed by atoms with Crippen molar-refractivity contribution in [3.8, 4) is 5.75 Å². The number of carbonyl (C=O) groups is 1. The van der Waals surface area contributed by atoms with E-state index in [1.807, 2.05) is 31.2 Å². The van der Waals surface area contributed by atoms with Gasteiger partial charge in [0.15, 0.2) is 6.10 Å². The number of hydrogen-bond acceptors (Lipinski definition) is 2. The fourth-order valence-electron chi connectivity index (χ4n) is 2.86. The van der Waals surface area contributed by atoms with E-state index < -0.39 is 6.10 Å². The first-order valence-electron chi connectivity index (χ1n) is 9.27. The van der Waals surface area contributed by atoms with Gasteiger partial charge in [0.1, 0.15) is 5.75 Å². The van der Waals surface area contributed by atoms with Crippen LogP contribution in [-0.4, -0.2) is 12.0 Å². The van der Waals surface area contributed by atoms with Crippen molar-refractivity contribution in [3.05, 3.63) is 59.2 Å². The Morgan fingerprint density at radius 2 is 1.62 bits per heavy atom. The van der Waals surface area contributed by atoms with Gasteiger partial charge in [-0.2, -0.15) is 0 Å². The second kappa shape index (κ2) is 7.94. The number of nitrogens with one attached hydrogen (secondary N) is 1. The number of anilines is 1. The molecule has 0 heterocycles. The van der Waals surface area contributed by atoms with Gasteiger partial charge in [0.2, 0.25) is 0 Å². The van der Waals surface area contributed by atoms with Gasteiger partial charge in [-0.1, -0.05) is 65.0 Å². The molecule has 0 aliphatic rings. The van der Waals surface area contributed by atoms with Gasteiger partial charge >= 0.3 is 0 Å². The Hall–Kier alpha value is -2.29. The molecule has 0 aliphatic carbocycles. The number of benzene rings is 2. The predicted molar refractivity (Wildman–Crippen MR) is 109 cm³/mol. The van der Waals surface area contributed by atoms with Gasteiger partial charge in [-0.15, -0.1) is 0 Å². The van der Waals surface area contributed by atoms with Crippen LogP contribution >= 0.6 is 0 Å². The highest BCUT2D eigenvalue weighted by atomic mass is 16.5. The average molecular weight is 354 g/mol. The summed E-state index contributed by atoms with van der Waals surface area (Å²) in [4.78, 5) is 12.6. The molecule has 26 heavy (non-hydrogen) atoms. The van der Waals surface area contributed by atoms with Crippen molar-refractivity contribution < 1.29 is 9.53 Å². The zero-order chi connectivity index (χ0) is 19.5. The highest BCUT2D eigenvalue weighted by molar-refractivity contribution is 5.95. The van der Waals surface area contributed by atoms with Crippen molar-refractivity contribution in [1.29, 1.82) is 0 Å². The number of rotatable bonds is 5. The molecule has 140 valence electrons. The van der Waals surface area contributed by atoms with E-state index in [1.54, 1.807) is 6.92 Å². The highest BCUT2D eigenvalue weighted by Gasteiger charge is 2.19. The molecule has 0 aromatic heterocycles. The van der Waals surface area contributed by atoms with Crippen LogP contribution in [0.3, 0.4) is 0 Å². The monoisotopic (exact) mass is 353 g/mol. The largest absolute Gasteiger partial charge is 0.481 e. The molecule has 3 heteroatoms. The summed E-state index contributed by atoms with van der Waals surface area (Å²) in [7, 11) is 0. The van der Waals surface area contributed by atoms with Crippen LogP contribution in [0.2, 0.25) is 0 Å². The first-order chi connectivity index (χ1) is 12.1. The zero-order valence-electron chi connectivity index (χ0n) is 17.0. The summed E-state index contributed by atoms with van der Waals surface area (Å²) in [6.07, 6.45) is -0.574. The number of aryl methyl sites for hydroxylation is 1. The summed E-state index contributed by atoms with van der Waals surface area (Å²) < 4.78 is 5.84. The molecule has 0 bridgehead atoms. The SMILES string of the molecule is Cc1cccc(C(C)C)c1NC(=O)[C@H](C)Oc1ccc(C(C)(C)C)cc1. The summed E-state index contributed by atoms with van der Waals surface area (Å²) in [5.41, 5.74) is 4.43. The van der Waals surface area contributed by atoms with E-state index in [4.69, 9.17) is 4.74 Å². The van der Waals surface area contributed by atoms with E-state index in [0.717, 1.165) is 16.8 Å². The van der Waals surface area contributed by atoms with Crippen LogP contribution in [0.25, 0.3) is 0 Å². The number of hydrogen-bond donors (Lipinski definition) is 1. The molecule has 0 saturated heterocycles. The van der Waals surface area contributed by atoms with Gasteiger partial charge in [0.25, 0.3) is 5.91 Å². The fourth-order valence-corrected chi connectivity index (χ4v) is 2.86. The number of carbonyl (C=O) groups excluding carboxylic acids is 1. The van der Waals surface area contributed by atoms with Crippen LogP contribution < -0.4 is 10.1 Å². The Balaban J connectivity index is 2.09. The predicted octanol–water partition coefficient (Wildman–Crippen LogP) is 5.82. The maximum absolute atomic E-state index is 12.6. The Labute approximate surface area is 157 Å². The fraction of sp³-hybridized carbons (Fsp3) is 0.435. The minimum absolute atomic E-state index is 0.0968. The molecule has 3 nitrogen and oxygen atoms in total. The summed E-state index contributed by atoms with van der Waals surface area (Å²) >= 11 is 0. The van der Waals surface area contributed by atoms with E-state index in [1.165, 1.54) is 5.56 Å². The molecule has 1 amide bonds. The van der Waals surface area contributed by atoms with Crippen molar-refractivity contribution in [2.45, 2.75) is 65.9 Å². The first-order valence-corrected chi connectivity index (χ1v) is 9.27. The van der Waals surface area contributed by atoms with Crippen molar-refractivity contribution in [1.82, 2.24) is 0 Å². The van der Waals surface area contributed by atoms with Crippen molar-refractivity contribution in [2.24, 2.45) is 0 Å². The molecule has 1 N–H and O–H groups in total. The smallest absolute Gasteiger partial charge is 0.265 e. The van der Waals surface area contributed by atoms with E-state index in [-0.39, 0.29) is 11.3 Å². The Morgan fingerprint density at radius 1 is 1.00 bits per heavy atom. The van der Waals surface area contributed by atoms with E-state index in [0.29, 0.717) is 11.7 Å². The Bertz CT molecular complexity index is 755. The molecule has 2 aromatic carbocycles. The number of para-hydroxylation sites is 1. The molecule has 0 unspecified atom stereocenters. The molecule has 1 atom stereocenters. The summed E-state index contributed by atoms with van der Waals surface area (Å²) in [5, 5.41) is 3.05. The Kier molecular flexibility index (Phi) is 6.12. The minimum Gasteiger partial charge on any atom is -0.481 e. The maximum atomic E-state index is 12.6. The second-order valence-corrected chi connectivity index (χ2v) is 8.22. The zero-order valence-corrected chi connectivity index (χ0v) is 17.0. The first kappa shape index (κ1) is 20.0. The lowest BCUT2D eigenvalue weighted by Gasteiger charge is -2.21. The van der Waals surface area contributed by atoms with Crippen LogP contribution in [0, 0.1) is 6.92 Å². The minimum atomic E-state index is -0.574. The highest BCUT2D eigenvalue weighted by Crippen LogP contribution is 2.28.